The molecule has 0 aromatic rings. The van der Waals surface area contributed by atoms with Crippen LogP contribution in [0, 0.1) is 5.41 Å². The van der Waals surface area contributed by atoms with Crippen molar-refractivity contribution in [3.8, 4) is 0 Å². The topological polar surface area (TPSA) is 20.2 Å². The molecule has 0 heterocycles. The fourth-order valence-electron chi connectivity index (χ4n) is 1.73. The molecule has 0 radical (unpaired) electrons. The summed E-state index contributed by atoms with van der Waals surface area (Å²) in [6, 6.07) is 0. The molecule has 0 bridgehead atoms. The fraction of sp³-hybridized carbons (Fsp3) is 0.600. The lowest BCUT2D eigenvalue weighted by Gasteiger charge is -2.27. The molecule has 0 aromatic heterocycles. The van der Waals surface area contributed by atoms with Crippen LogP contribution in [0.4, 0.5) is 0 Å². The van der Waals surface area contributed by atoms with Gasteiger partial charge in [0.15, 0.2) is 0 Å². The maximum absolute atomic E-state index is 9.54. The van der Waals surface area contributed by atoms with Crippen molar-refractivity contribution in [1.82, 2.24) is 0 Å². The van der Waals surface area contributed by atoms with Crippen molar-refractivity contribution < 1.29 is 5.11 Å². The molecule has 0 fully saturated rings. The van der Waals surface area contributed by atoms with E-state index >= 15 is 0 Å². The Bertz CT molecular complexity index is 199. The number of rotatable bonds is 0. The lowest BCUT2D eigenvalue weighted by molar-refractivity contribution is 0.239. The fourth-order valence-corrected chi connectivity index (χ4v) is 1.73. The smallest absolute Gasteiger partial charge is 0.0956 e. The van der Waals surface area contributed by atoms with Crippen LogP contribution in [0.5, 0.6) is 0 Å². The van der Waals surface area contributed by atoms with E-state index in [2.05, 4.69) is 26.0 Å². The zero-order valence-electron chi connectivity index (χ0n) is 7.68. The van der Waals surface area contributed by atoms with E-state index < -0.39 is 0 Å². The molecule has 0 atom stereocenters. The number of hydrogen-bond donors (Lipinski definition) is 1. The number of aliphatic hydroxyl groups is 1. The minimum absolute atomic E-state index is 0.118. The number of hydrogen-bond acceptors (Lipinski definition) is 1. The quantitative estimate of drug-likeness (QED) is 0.528. The van der Waals surface area contributed by atoms with Crippen LogP contribution < -0.4 is 0 Å². The highest BCUT2D eigenvalue weighted by atomic mass is 16.3. The molecule has 0 amide bonds. The Hall–Kier alpha value is -0.560. The molecule has 0 saturated carbocycles. The minimum Gasteiger partial charge on any atom is -0.384 e. The van der Waals surface area contributed by atoms with Crippen LogP contribution >= 0.6 is 0 Å². The van der Waals surface area contributed by atoms with E-state index in [1.54, 1.807) is 0 Å². The third-order valence-electron chi connectivity index (χ3n) is 2.06. The van der Waals surface area contributed by atoms with E-state index in [1.807, 2.05) is 13.8 Å². The van der Waals surface area contributed by atoms with Crippen molar-refractivity contribution in [2.24, 2.45) is 5.41 Å². The van der Waals surface area contributed by atoms with E-state index in [9.17, 15) is 5.11 Å². The second-order valence-corrected chi connectivity index (χ2v) is 4.00. The molecule has 11 heavy (non-hydrogen) atoms. The molecule has 0 saturated heterocycles. The predicted octanol–water partition coefficient (Wildman–Crippen LogP) is 2.28. The minimum atomic E-state index is -0.344. The summed E-state index contributed by atoms with van der Waals surface area (Å²) in [7, 11) is 0. The monoisotopic (exact) mass is 152 g/mol. The van der Waals surface area contributed by atoms with Crippen LogP contribution in [-0.2, 0) is 0 Å². The number of allylic oxidation sites excluding steroid dienone is 2. The van der Waals surface area contributed by atoms with Crippen LogP contribution in [0.3, 0.4) is 0 Å². The van der Waals surface area contributed by atoms with Crippen LogP contribution in [0.25, 0.3) is 0 Å². The Kier molecular flexibility index (Phi) is 1.93. The third-order valence-corrected chi connectivity index (χ3v) is 2.06. The summed E-state index contributed by atoms with van der Waals surface area (Å²) in [6.45, 7) is 8.24. The Morgan fingerprint density at radius 2 is 1.55 bits per heavy atom. The molecule has 0 aliphatic heterocycles. The van der Waals surface area contributed by atoms with Crippen LogP contribution in [0.15, 0.2) is 23.3 Å². The van der Waals surface area contributed by atoms with Crippen LogP contribution in [-0.4, -0.2) is 11.2 Å². The van der Waals surface area contributed by atoms with Gasteiger partial charge in [0.25, 0.3) is 0 Å². The van der Waals surface area contributed by atoms with Crippen LogP contribution in [0.2, 0.25) is 0 Å². The molecule has 1 rings (SSSR count). The zero-order valence-corrected chi connectivity index (χ0v) is 7.68. The molecule has 0 spiro atoms. The summed E-state index contributed by atoms with van der Waals surface area (Å²) in [5, 5.41) is 9.54. The molecule has 1 nitrogen and oxygen atoms in total. The molecule has 1 aliphatic carbocycles. The van der Waals surface area contributed by atoms with Crippen molar-refractivity contribution in [1.29, 1.82) is 0 Å². The Morgan fingerprint density at radius 1 is 1.18 bits per heavy atom. The maximum Gasteiger partial charge on any atom is 0.0956 e. The van der Waals surface area contributed by atoms with Crippen LogP contribution in [0.1, 0.15) is 27.7 Å². The molecular formula is C10H16O. The van der Waals surface area contributed by atoms with Crippen molar-refractivity contribution in [2.75, 3.05) is 0 Å². The first-order valence-corrected chi connectivity index (χ1v) is 3.99. The van der Waals surface area contributed by atoms with Gasteiger partial charge >= 0.3 is 0 Å². The van der Waals surface area contributed by atoms with Gasteiger partial charge < -0.3 is 5.11 Å². The molecule has 1 heteroatoms. The van der Waals surface area contributed by atoms with Gasteiger partial charge in [0.2, 0.25) is 0 Å². The second kappa shape index (κ2) is 2.49. The SMILES string of the molecule is CC1=CC(C)(C)C=C(C)C1O. The van der Waals surface area contributed by atoms with Crippen molar-refractivity contribution in [3.05, 3.63) is 23.3 Å². The van der Waals surface area contributed by atoms with Gasteiger partial charge in [-0.1, -0.05) is 26.0 Å². The molecular weight excluding hydrogens is 136 g/mol. The standard InChI is InChI=1S/C10H16O/c1-7-5-10(3,4)6-8(2)9(7)11/h5-6,9,11H,1-4H3. The summed E-state index contributed by atoms with van der Waals surface area (Å²) in [5.74, 6) is 0. The first kappa shape index (κ1) is 8.54. The lowest BCUT2D eigenvalue weighted by atomic mass is 9.81. The third kappa shape index (κ3) is 1.72. The summed E-state index contributed by atoms with van der Waals surface area (Å²) >= 11 is 0. The highest BCUT2D eigenvalue weighted by Crippen LogP contribution is 2.30. The van der Waals surface area contributed by atoms with Gasteiger partial charge in [0, 0.05) is 5.41 Å². The maximum atomic E-state index is 9.54. The Balaban J connectivity index is 2.98. The molecule has 0 unspecified atom stereocenters. The zero-order chi connectivity index (χ0) is 8.65. The van der Waals surface area contributed by atoms with Crippen molar-refractivity contribution in [2.45, 2.75) is 33.8 Å². The number of aliphatic hydroxyl groups excluding tert-OH is 1. The van der Waals surface area contributed by atoms with Gasteiger partial charge in [-0.3, -0.25) is 0 Å². The van der Waals surface area contributed by atoms with Gasteiger partial charge in [0.1, 0.15) is 0 Å². The molecule has 62 valence electrons. The first-order valence-electron chi connectivity index (χ1n) is 3.99. The molecule has 1 N–H and O–H groups in total. The highest BCUT2D eigenvalue weighted by Gasteiger charge is 2.21. The molecule has 1 aliphatic rings. The van der Waals surface area contributed by atoms with E-state index in [-0.39, 0.29) is 11.5 Å². The van der Waals surface area contributed by atoms with Gasteiger partial charge in [-0.15, -0.1) is 0 Å². The second-order valence-electron chi connectivity index (χ2n) is 4.00. The first-order chi connectivity index (χ1) is 4.92. The van der Waals surface area contributed by atoms with E-state index in [1.165, 1.54) is 0 Å². The van der Waals surface area contributed by atoms with Crippen molar-refractivity contribution >= 4 is 0 Å². The van der Waals surface area contributed by atoms with Gasteiger partial charge in [0.05, 0.1) is 6.10 Å². The summed E-state index contributed by atoms with van der Waals surface area (Å²) in [4.78, 5) is 0. The summed E-state index contributed by atoms with van der Waals surface area (Å²) < 4.78 is 0. The van der Waals surface area contributed by atoms with E-state index in [0.29, 0.717) is 0 Å². The van der Waals surface area contributed by atoms with Gasteiger partial charge in [-0.2, -0.15) is 0 Å². The summed E-state index contributed by atoms with van der Waals surface area (Å²) in [5.41, 5.74) is 2.25. The van der Waals surface area contributed by atoms with Gasteiger partial charge in [-0.25, -0.2) is 0 Å². The van der Waals surface area contributed by atoms with Crippen molar-refractivity contribution in [3.63, 3.8) is 0 Å². The van der Waals surface area contributed by atoms with E-state index in [0.717, 1.165) is 11.1 Å². The lowest BCUT2D eigenvalue weighted by Crippen LogP contribution is -2.20. The van der Waals surface area contributed by atoms with Gasteiger partial charge in [-0.05, 0) is 25.0 Å². The average Bonchev–Trinajstić information content (AvgIpc) is 1.81. The highest BCUT2D eigenvalue weighted by molar-refractivity contribution is 5.31. The Labute approximate surface area is 68.4 Å². The van der Waals surface area contributed by atoms with E-state index in [4.69, 9.17) is 0 Å². The predicted molar refractivity (Wildman–Crippen MR) is 47.3 cm³/mol. The molecule has 0 aromatic carbocycles. The average molecular weight is 152 g/mol. The normalized spacial score (nSPS) is 24.5. The summed E-state index contributed by atoms with van der Waals surface area (Å²) in [6.07, 6.45) is 3.89. The largest absolute Gasteiger partial charge is 0.384 e. The Morgan fingerprint density at radius 3 is 1.91 bits per heavy atom.